The summed E-state index contributed by atoms with van der Waals surface area (Å²) in [4.78, 5) is 24.1. The van der Waals surface area contributed by atoms with E-state index in [1.165, 1.54) is 11.3 Å². The van der Waals surface area contributed by atoms with Crippen molar-refractivity contribution in [1.29, 1.82) is 0 Å². The number of rotatable bonds is 9. The molecule has 0 aliphatic rings. The highest BCUT2D eigenvalue weighted by Gasteiger charge is 2.10. The van der Waals surface area contributed by atoms with Crippen LogP contribution in [-0.2, 0) is 11.4 Å². The molecule has 0 aliphatic heterocycles. The van der Waals surface area contributed by atoms with E-state index in [1.807, 2.05) is 60.0 Å². The molecule has 0 saturated carbocycles. The molecule has 3 aromatic rings. The van der Waals surface area contributed by atoms with Crippen LogP contribution in [0.5, 0.6) is 5.75 Å². The highest BCUT2D eigenvalue weighted by atomic mass is 32.1. The Bertz CT molecular complexity index is 968. The SMILES string of the molecule is O=C(O)CC/C(=N/NC(=O)c1ccc(COc2ccccc2)cc1)c1cccs1. The Morgan fingerprint density at radius 2 is 1.72 bits per heavy atom. The Balaban J connectivity index is 1.60. The van der Waals surface area contributed by atoms with Crippen molar-refractivity contribution in [1.82, 2.24) is 5.43 Å². The molecule has 0 spiro atoms. The van der Waals surface area contributed by atoms with E-state index in [0.29, 0.717) is 17.9 Å². The van der Waals surface area contributed by atoms with Gasteiger partial charge in [0, 0.05) is 12.0 Å². The summed E-state index contributed by atoms with van der Waals surface area (Å²) in [7, 11) is 0. The molecule has 0 saturated heterocycles. The summed E-state index contributed by atoms with van der Waals surface area (Å²) in [5, 5.41) is 14.9. The largest absolute Gasteiger partial charge is 0.489 e. The van der Waals surface area contributed by atoms with Crippen LogP contribution >= 0.6 is 11.3 Å². The van der Waals surface area contributed by atoms with Crippen LogP contribution in [0.2, 0.25) is 0 Å². The molecule has 0 aliphatic carbocycles. The lowest BCUT2D eigenvalue weighted by molar-refractivity contribution is -0.136. The van der Waals surface area contributed by atoms with Crippen molar-refractivity contribution >= 4 is 28.9 Å². The Hall–Kier alpha value is -3.45. The van der Waals surface area contributed by atoms with Gasteiger partial charge in [0.05, 0.1) is 17.0 Å². The third-order valence-corrected chi connectivity index (χ3v) is 4.96. The number of nitrogens with zero attached hydrogens (tertiary/aromatic N) is 1. The maximum Gasteiger partial charge on any atom is 0.303 e. The zero-order valence-electron chi connectivity index (χ0n) is 15.6. The molecule has 0 atom stereocenters. The number of ether oxygens (including phenoxy) is 1. The smallest absolute Gasteiger partial charge is 0.303 e. The molecule has 0 unspecified atom stereocenters. The van der Waals surface area contributed by atoms with Gasteiger partial charge < -0.3 is 9.84 Å². The molecule has 1 heterocycles. The first kappa shape index (κ1) is 20.3. The van der Waals surface area contributed by atoms with Gasteiger partial charge in [-0.25, -0.2) is 5.43 Å². The van der Waals surface area contributed by atoms with Crippen LogP contribution in [0.25, 0.3) is 0 Å². The molecule has 0 fully saturated rings. The number of nitrogens with one attached hydrogen (secondary N) is 1. The molecule has 6 nitrogen and oxygen atoms in total. The number of carbonyl (C=O) groups excluding carboxylic acids is 1. The number of hydrazone groups is 1. The maximum absolute atomic E-state index is 12.4. The molecule has 0 bridgehead atoms. The van der Waals surface area contributed by atoms with Crippen LogP contribution in [0.3, 0.4) is 0 Å². The molecule has 2 N–H and O–H groups in total. The van der Waals surface area contributed by atoms with Crippen LogP contribution in [-0.4, -0.2) is 22.7 Å². The zero-order valence-corrected chi connectivity index (χ0v) is 16.4. The van der Waals surface area contributed by atoms with Gasteiger partial charge in [0.15, 0.2) is 0 Å². The van der Waals surface area contributed by atoms with E-state index in [9.17, 15) is 9.59 Å². The molecule has 2 aromatic carbocycles. The number of carboxylic acid groups (broad SMARTS) is 1. The number of carboxylic acids is 1. The van der Waals surface area contributed by atoms with E-state index in [2.05, 4.69) is 10.5 Å². The number of benzene rings is 2. The van der Waals surface area contributed by atoms with E-state index in [4.69, 9.17) is 9.84 Å². The molecular weight excluding hydrogens is 388 g/mol. The van der Waals surface area contributed by atoms with Gasteiger partial charge in [-0.1, -0.05) is 36.4 Å². The molecule has 1 amide bonds. The van der Waals surface area contributed by atoms with Crippen LogP contribution in [0.15, 0.2) is 77.2 Å². The fourth-order valence-electron chi connectivity index (χ4n) is 2.52. The van der Waals surface area contributed by atoms with E-state index < -0.39 is 5.97 Å². The number of carbonyl (C=O) groups is 2. The van der Waals surface area contributed by atoms with Crippen LogP contribution < -0.4 is 10.2 Å². The number of para-hydroxylation sites is 1. The predicted octanol–water partition coefficient (Wildman–Crippen LogP) is 4.33. The van der Waals surface area contributed by atoms with E-state index in [-0.39, 0.29) is 18.7 Å². The average Bonchev–Trinajstić information content (AvgIpc) is 3.28. The molecule has 148 valence electrons. The van der Waals surface area contributed by atoms with Crippen LogP contribution in [0.4, 0.5) is 0 Å². The normalized spacial score (nSPS) is 11.1. The van der Waals surface area contributed by atoms with E-state index in [1.54, 1.807) is 12.1 Å². The number of hydrogen-bond donors (Lipinski definition) is 2. The minimum atomic E-state index is -0.908. The van der Waals surface area contributed by atoms with Crippen molar-refractivity contribution in [3.8, 4) is 5.75 Å². The first-order valence-electron chi connectivity index (χ1n) is 9.01. The van der Waals surface area contributed by atoms with E-state index in [0.717, 1.165) is 16.2 Å². The summed E-state index contributed by atoms with van der Waals surface area (Å²) in [6, 6.07) is 20.3. The third-order valence-electron chi connectivity index (χ3n) is 4.04. The molecule has 0 radical (unpaired) electrons. The Morgan fingerprint density at radius 1 is 0.966 bits per heavy atom. The average molecular weight is 408 g/mol. The highest BCUT2D eigenvalue weighted by Crippen LogP contribution is 2.14. The maximum atomic E-state index is 12.4. The molecule has 7 heteroatoms. The first-order chi connectivity index (χ1) is 14.1. The fraction of sp³-hybridized carbons (Fsp3) is 0.136. The second-order valence-electron chi connectivity index (χ2n) is 6.17. The minimum absolute atomic E-state index is 0.0529. The minimum Gasteiger partial charge on any atom is -0.489 e. The monoisotopic (exact) mass is 408 g/mol. The summed E-state index contributed by atoms with van der Waals surface area (Å²) >= 11 is 1.45. The molecule has 29 heavy (non-hydrogen) atoms. The van der Waals surface area contributed by atoms with Crippen molar-refractivity contribution in [2.45, 2.75) is 19.4 Å². The molecule has 1 aromatic heterocycles. The number of thiophene rings is 1. The van der Waals surface area contributed by atoms with Crippen molar-refractivity contribution in [2.24, 2.45) is 5.10 Å². The fourth-order valence-corrected chi connectivity index (χ4v) is 3.27. The van der Waals surface area contributed by atoms with Crippen molar-refractivity contribution in [2.75, 3.05) is 0 Å². The number of hydrogen-bond acceptors (Lipinski definition) is 5. The third kappa shape index (κ3) is 6.29. The van der Waals surface area contributed by atoms with Crippen molar-refractivity contribution in [3.05, 3.63) is 88.1 Å². The lowest BCUT2D eigenvalue weighted by Gasteiger charge is -2.07. The Kier molecular flexibility index (Phi) is 7.13. The second-order valence-corrected chi connectivity index (χ2v) is 7.12. The summed E-state index contributed by atoms with van der Waals surface area (Å²) < 4.78 is 5.69. The quantitative estimate of drug-likeness (QED) is 0.408. The van der Waals surface area contributed by atoms with Gasteiger partial charge in [0.25, 0.3) is 5.91 Å². The standard InChI is InChI=1S/C22H20N2O4S/c25-21(26)13-12-19(20-7-4-14-29-20)23-24-22(27)17-10-8-16(9-11-17)15-28-18-5-2-1-3-6-18/h1-11,14H,12-13,15H2,(H,24,27)(H,25,26)/b23-19-. The van der Waals surface area contributed by atoms with Gasteiger partial charge in [0.2, 0.25) is 0 Å². The van der Waals surface area contributed by atoms with Crippen LogP contribution in [0, 0.1) is 0 Å². The number of aliphatic carboxylic acids is 1. The predicted molar refractivity (Wildman–Crippen MR) is 112 cm³/mol. The molecular formula is C22H20N2O4S. The van der Waals surface area contributed by atoms with Gasteiger partial charge in [-0.2, -0.15) is 5.10 Å². The zero-order chi connectivity index (χ0) is 20.5. The summed E-state index contributed by atoms with van der Waals surface area (Å²) in [6.45, 7) is 0.405. The van der Waals surface area contributed by atoms with Gasteiger partial charge >= 0.3 is 5.97 Å². The summed E-state index contributed by atoms with van der Waals surface area (Å²) in [5.41, 5.74) is 4.46. The number of amides is 1. The van der Waals surface area contributed by atoms with Gasteiger partial charge in [0.1, 0.15) is 12.4 Å². The van der Waals surface area contributed by atoms with Crippen LogP contribution in [0.1, 0.15) is 33.6 Å². The van der Waals surface area contributed by atoms with Gasteiger partial charge in [-0.05, 0) is 41.3 Å². The Labute approximate surface area is 172 Å². The topological polar surface area (TPSA) is 88.0 Å². The van der Waals surface area contributed by atoms with E-state index >= 15 is 0 Å². The van der Waals surface area contributed by atoms with Crippen molar-refractivity contribution in [3.63, 3.8) is 0 Å². The first-order valence-corrected chi connectivity index (χ1v) is 9.89. The summed E-state index contributed by atoms with van der Waals surface area (Å²) in [5.74, 6) is -0.482. The lowest BCUT2D eigenvalue weighted by atomic mass is 10.1. The lowest BCUT2D eigenvalue weighted by Crippen LogP contribution is -2.20. The highest BCUT2D eigenvalue weighted by molar-refractivity contribution is 7.12. The van der Waals surface area contributed by atoms with Crippen molar-refractivity contribution < 1.29 is 19.4 Å². The van der Waals surface area contributed by atoms with Gasteiger partial charge in [-0.15, -0.1) is 11.3 Å². The Morgan fingerprint density at radius 3 is 2.38 bits per heavy atom. The second kappa shape index (κ2) is 10.2. The molecule has 3 rings (SSSR count). The summed E-state index contributed by atoms with van der Waals surface area (Å²) in [6.07, 6.45) is 0.189. The van der Waals surface area contributed by atoms with Gasteiger partial charge in [-0.3, -0.25) is 9.59 Å².